The summed E-state index contributed by atoms with van der Waals surface area (Å²) in [6.07, 6.45) is 2.39. The molecular weight excluding hydrogens is 316 g/mol. The van der Waals surface area contributed by atoms with Crippen molar-refractivity contribution in [3.05, 3.63) is 71.7 Å². The Morgan fingerprint density at radius 3 is 2.72 bits per heavy atom. The van der Waals surface area contributed by atoms with E-state index in [0.29, 0.717) is 13.0 Å². The Hall–Kier alpha value is -2.86. The van der Waals surface area contributed by atoms with Gasteiger partial charge in [-0.2, -0.15) is 0 Å². The third-order valence-corrected chi connectivity index (χ3v) is 4.10. The molecule has 0 aliphatic rings. The second kappa shape index (κ2) is 7.81. The number of aromatic nitrogens is 2. The molecule has 0 radical (unpaired) electrons. The van der Waals surface area contributed by atoms with Crippen molar-refractivity contribution in [2.45, 2.75) is 25.9 Å². The number of carbonyl (C=O) groups excluding carboxylic acids is 1. The summed E-state index contributed by atoms with van der Waals surface area (Å²) in [5.74, 6) is 0. The number of aliphatic hydroxyl groups excluding tert-OH is 1. The van der Waals surface area contributed by atoms with Crippen LogP contribution in [0.25, 0.3) is 5.65 Å². The van der Waals surface area contributed by atoms with E-state index in [1.54, 1.807) is 0 Å². The molecule has 1 aromatic carbocycles. The van der Waals surface area contributed by atoms with Crippen LogP contribution in [0.1, 0.15) is 29.4 Å². The average Bonchev–Trinajstić information content (AvgIpc) is 3.05. The van der Waals surface area contributed by atoms with Crippen LogP contribution < -0.4 is 10.6 Å². The molecular formula is C19H22N4O2. The maximum atomic E-state index is 12.2. The van der Waals surface area contributed by atoms with Gasteiger partial charge in [-0.1, -0.05) is 36.4 Å². The molecule has 25 heavy (non-hydrogen) atoms. The SMILES string of the molecule is Cc1cccc2nc(CNC(=O)N[C@H](CCO)c3ccccc3)cn12. The number of benzene rings is 1. The molecule has 0 aliphatic heterocycles. The summed E-state index contributed by atoms with van der Waals surface area (Å²) < 4.78 is 1.99. The fourth-order valence-corrected chi connectivity index (χ4v) is 2.80. The minimum atomic E-state index is -0.281. The highest BCUT2D eigenvalue weighted by Crippen LogP contribution is 2.15. The summed E-state index contributed by atoms with van der Waals surface area (Å²) in [6, 6.07) is 15.0. The van der Waals surface area contributed by atoms with Crippen molar-refractivity contribution in [2.24, 2.45) is 0 Å². The Bertz CT molecular complexity index is 845. The number of urea groups is 1. The lowest BCUT2D eigenvalue weighted by atomic mass is 10.0. The Balaban J connectivity index is 1.62. The van der Waals surface area contributed by atoms with E-state index in [9.17, 15) is 9.90 Å². The molecule has 3 rings (SSSR count). The number of fused-ring (bicyclic) bond motifs is 1. The number of nitrogens with zero attached hydrogens (tertiary/aromatic N) is 2. The van der Waals surface area contributed by atoms with Crippen molar-refractivity contribution in [1.29, 1.82) is 0 Å². The standard InChI is InChI=1S/C19H22N4O2/c1-14-6-5-9-18-21-16(13-23(14)18)12-20-19(25)22-17(10-11-24)15-7-3-2-4-8-15/h2-9,13,17,24H,10-12H2,1H3,(H2,20,22,25)/t17-/m1/s1. The van der Waals surface area contributed by atoms with Crippen LogP contribution in [-0.2, 0) is 6.54 Å². The lowest BCUT2D eigenvalue weighted by molar-refractivity contribution is 0.229. The number of pyridine rings is 1. The van der Waals surface area contributed by atoms with Gasteiger partial charge in [0.15, 0.2) is 0 Å². The summed E-state index contributed by atoms with van der Waals surface area (Å²) in [4.78, 5) is 16.7. The van der Waals surface area contributed by atoms with Gasteiger partial charge in [0.25, 0.3) is 0 Å². The van der Waals surface area contributed by atoms with Gasteiger partial charge in [-0.15, -0.1) is 0 Å². The minimum Gasteiger partial charge on any atom is -0.396 e. The number of amides is 2. The quantitative estimate of drug-likeness (QED) is 0.646. The van der Waals surface area contributed by atoms with Crippen molar-refractivity contribution in [2.75, 3.05) is 6.61 Å². The van der Waals surface area contributed by atoms with Gasteiger partial charge >= 0.3 is 6.03 Å². The van der Waals surface area contributed by atoms with Crippen molar-refractivity contribution in [3.63, 3.8) is 0 Å². The molecule has 2 heterocycles. The van der Waals surface area contributed by atoms with Gasteiger partial charge < -0.3 is 20.1 Å². The number of hydrogen-bond donors (Lipinski definition) is 3. The first-order valence-corrected chi connectivity index (χ1v) is 8.31. The number of aliphatic hydroxyl groups is 1. The summed E-state index contributed by atoms with van der Waals surface area (Å²) in [7, 11) is 0. The molecule has 0 saturated carbocycles. The summed E-state index contributed by atoms with van der Waals surface area (Å²) >= 11 is 0. The highest BCUT2D eigenvalue weighted by atomic mass is 16.3. The Morgan fingerprint density at radius 1 is 1.20 bits per heavy atom. The highest BCUT2D eigenvalue weighted by Gasteiger charge is 2.14. The molecule has 1 atom stereocenters. The maximum Gasteiger partial charge on any atom is 0.315 e. The van der Waals surface area contributed by atoms with Crippen LogP contribution in [0.5, 0.6) is 0 Å². The molecule has 0 fully saturated rings. The van der Waals surface area contributed by atoms with Crippen LogP contribution in [0.2, 0.25) is 0 Å². The third-order valence-electron chi connectivity index (χ3n) is 4.10. The summed E-state index contributed by atoms with van der Waals surface area (Å²) in [6.45, 7) is 2.36. The number of nitrogens with one attached hydrogen (secondary N) is 2. The van der Waals surface area contributed by atoms with Crippen LogP contribution in [0.3, 0.4) is 0 Å². The number of aryl methyl sites for hydroxylation is 1. The Morgan fingerprint density at radius 2 is 2.00 bits per heavy atom. The first-order valence-electron chi connectivity index (χ1n) is 8.31. The zero-order valence-electron chi connectivity index (χ0n) is 14.1. The van der Waals surface area contributed by atoms with E-state index in [0.717, 1.165) is 22.6 Å². The normalized spacial score (nSPS) is 12.1. The van der Waals surface area contributed by atoms with Gasteiger partial charge in [-0.05, 0) is 31.0 Å². The third kappa shape index (κ3) is 4.16. The number of carbonyl (C=O) groups is 1. The molecule has 6 nitrogen and oxygen atoms in total. The molecule has 6 heteroatoms. The van der Waals surface area contributed by atoms with E-state index in [1.165, 1.54) is 0 Å². The molecule has 0 bridgehead atoms. The first kappa shape index (κ1) is 17.0. The topological polar surface area (TPSA) is 78.7 Å². The largest absolute Gasteiger partial charge is 0.396 e. The zero-order chi connectivity index (χ0) is 17.6. The molecule has 2 amide bonds. The predicted molar refractivity (Wildman–Crippen MR) is 96.2 cm³/mol. The minimum absolute atomic E-state index is 0.00551. The molecule has 0 saturated heterocycles. The summed E-state index contributed by atoms with van der Waals surface area (Å²) in [5, 5.41) is 15.0. The van der Waals surface area contributed by atoms with Crippen LogP contribution in [0.4, 0.5) is 4.79 Å². The fraction of sp³-hybridized carbons (Fsp3) is 0.263. The van der Waals surface area contributed by atoms with Gasteiger partial charge in [0, 0.05) is 18.5 Å². The van der Waals surface area contributed by atoms with Crippen molar-refractivity contribution >= 4 is 11.7 Å². The highest BCUT2D eigenvalue weighted by molar-refractivity contribution is 5.74. The predicted octanol–water partition coefficient (Wildman–Crippen LogP) is 2.57. The molecule has 130 valence electrons. The molecule has 0 aliphatic carbocycles. The molecule has 3 N–H and O–H groups in total. The fourth-order valence-electron chi connectivity index (χ4n) is 2.80. The van der Waals surface area contributed by atoms with Gasteiger partial charge in [0.1, 0.15) is 5.65 Å². The van der Waals surface area contributed by atoms with Crippen LogP contribution in [0, 0.1) is 6.92 Å². The number of hydrogen-bond acceptors (Lipinski definition) is 3. The van der Waals surface area contributed by atoms with E-state index in [1.807, 2.05) is 66.1 Å². The van der Waals surface area contributed by atoms with Crippen LogP contribution in [0.15, 0.2) is 54.7 Å². The first-order chi connectivity index (χ1) is 12.2. The van der Waals surface area contributed by atoms with E-state index in [4.69, 9.17) is 0 Å². The zero-order valence-corrected chi connectivity index (χ0v) is 14.1. The lowest BCUT2D eigenvalue weighted by Gasteiger charge is -2.18. The molecule has 0 unspecified atom stereocenters. The number of rotatable bonds is 6. The second-order valence-corrected chi connectivity index (χ2v) is 5.93. The van der Waals surface area contributed by atoms with Crippen molar-refractivity contribution in [1.82, 2.24) is 20.0 Å². The van der Waals surface area contributed by atoms with E-state index in [-0.39, 0.29) is 18.7 Å². The van der Waals surface area contributed by atoms with Crippen LogP contribution in [-0.4, -0.2) is 27.1 Å². The van der Waals surface area contributed by atoms with Crippen molar-refractivity contribution < 1.29 is 9.90 Å². The Kier molecular flexibility index (Phi) is 5.30. The monoisotopic (exact) mass is 338 g/mol. The van der Waals surface area contributed by atoms with Crippen LogP contribution >= 0.6 is 0 Å². The van der Waals surface area contributed by atoms with Gasteiger partial charge in [0.05, 0.1) is 18.3 Å². The maximum absolute atomic E-state index is 12.2. The van der Waals surface area contributed by atoms with E-state index < -0.39 is 0 Å². The lowest BCUT2D eigenvalue weighted by Crippen LogP contribution is -2.38. The van der Waals surface area contributed by atoms with E-state index in [2.05, 4.69) is 15.6 Å². The smallest absolute Gasteiger partial charge is 0.315 e. The van der Waals surface area contributed by atoms with Gasteiger partial charge in [0.2, 0.25) is 0 Å². The average molecular weight is 338 g/mol. The molecule has 2 aromatic heterocycles. The van der Waals surface area contributed by atoms with Gasteiger partial charge in [-0.25, -0.2) is 9.78 Å². The molecule has 0 spiro atoms. The summed E-state index contributed by atoms with van der Waals surface area (Å²) in [5.41, 5.74) is 3.71. The van der Waals surface area contributed by atoms with Crippen molar-refractivity contribution in [3.8, 4) is 0 Å². The number of imidazole rings is 1. The Labute approximate surface area is 146 Å². The van der Waals surface area contributed by atoms with Gasteiger partial charge in [-0.3, -0.25) is 0 Å². The van der Waals surface area contributed by atoms with E-state index >= 15 is 0 Å². The molecule has 3 aromatic rings. The second-order valence-electron chi connectivity index (χ2n) is 5.93.